The highest BCUT2D eigenvalue weighted by atomic mass is 14.2. The van der Waals surface area contributed by atoms with Gasteiger partial charge in [-0.15, -0.1) is 0 Å². The Morgan fingerprint density at radius 2 is 1.19 bits per heavy atom. The van der Waals surface area contributed by atoms with Gasteiger partial charge in [0.1, 0.15) is 0 Å². The number of hydrogen-bond acceptors (Lipinski definition) is 0. The number of benzene rings is 2. The lowest BCUT2D eigenvalue weighted by Crippen LogP contribution is -2.32. The lowest BCUT2D eigenvalue weighted by molar-refractivity contribution is 0.845. The summed E-state index contributed by atoms with van der Waals surface area (Å²) < 4.78 is 0. The molecule has 2 aromatic rings. The molecule has 0 N–H and O–H groups in total. The SMILES string of the molecule is CB(C)c1c(C(C)C)cc(-c2ccccc2)cc1C(C)C. The zero-order valence-corrected chi connectivity index (χ0v) is 14.3. The van der Waals surface area contributed by atoms with Crippen LogP contribution in [0.5, 0.6) is 0 Å². The summed E-state index contributed by atoms with van der Waals surface area (Å²) in [5.74, 6) is 1.12. The second-order valence-electron chi connectivity index (χ2n) is 6.90. The van der Waals surface area contributed by atoms with Gasteiger partial charge in [-0.2, -0.15) is 0 Å². The van der Waals surface area contributed by atoms with Gasteiger partial charge < -0.3 is 0 Å². The minimum absolute atomic E-state index is 0.559. The Kier molecular flexibility index (Phi) is 4.93. The molecule has 0 bridgehead atoms. The van der Waals surface area contributed by atoms with Crippen molar-refractivity contribution in [3.05, 3.63) is 53.6 Å². The van der Waals surface area contributed by atoms with Crippen molar-refractivity contribution >= 4 is 12.2 Å². The van der Waals surface area contributed by atoms with Crippen molar-refractivity contribution in [2.45, 2.75) is 53.2 Å². The van der Waals surface area contributed by atoms with E-state index in [4.69, 9.17) is 0 Å². The van der Waals surface area contributed by atoms with Gasteiger partial charge in [0, 0.05) is 0 Å². The Bertz CT molecular complexity index is 565. The summed E-state index contributed by atoms with van der Waals surface area (Å²) in [5.41, 5.74) is 7.24. The molecule has 0 amide bonds. The van der Waals surface area contributed by atoms with Crippen molar-refractivity contribution in [2.75, 3.05) is 0 Å². The topological polar surface area (TPSA) is 0 Å². The molecule has 0 fully saturated rings. The van der Waals surface area contributed by atoms with Gasteiger partial charge >= 0.3 is 0 Å². The minimum Gasteiger partial charge on any atom is -0.0819 e. The fourth-order valence-electron chi connectivity index (χ4n) is 3.12. The molecule has 0 nitrogen and oxygen atoms in total. The molecule has 0 aliphatic heterocycles. The third-order valence-electron chi connectivity index (χ3n) is 4.17. The Balaban J connectivity index is 2.71. The summed E-state index contributed by atoms with van der Waals surface area (Å²) in [6.07, 6.45) is 0. The fraction of sp³-hybridized carbons (Fsp3) is 0.400. The summed E-state index contributed by atoms with van der Waals surface area (Å²) in [6.45, 7) is 14.4. The monoisotopic (exact) mass is 278 g/mol. The molecule has 0 heterocycles. The van der Waals surface area contributed by atoms with Crippen LogP contribution in [0.4, 0.5) is 0 Å². The van der Waals surface area contributed by atoms with E-state index in [2.05, 4.69) is 83.8 Å². The van der Waals surface area contributed by atoms with Crippen LogP contribution in [-0.2, 0) is 0 Å². The second kappa shape index (κ2) is 6.51. The Hall–Kier alpha value is -1.50. The first-order chi connectivity index (χ1) is 9.91. The molecule has 0 aromatic heterocycles. The van der Waals surface area contributed by atoms with Crippen LogP contribution in [0.15, 0.2) is 42.5 Å². The van der Waals surface area contributed by atoms with Crippen molar-refractivity contribution in [1.82, 2.24) is 0 Å². The molecule has 2 aromatic carbocycles. The maximum atomic E-state index is 2.40. The van der Waals surface area contributed by atoms with Crippen LogP contribution >= 0.6 is 0 Å². The highest BCUT2D eigenvalue weighted by molar-refractivity contribution is 6.71. The third kappa shape index (κ3) is 3.40. The van der Waals surface area contributed by atoms with E-state index in [0.717, 1.165) is 0 Å². The van der Waals surface area contributed by atoms with Gasteiger partial charge in [0.25, 0.3) is 0 Å². The summed E-state index contributed by atoms with van der Waals surface area (Å²) in [6, 6.07) is 15.5. The van der Waals surface area contributed by atoms with Crippen molar-refractivity contribution in [2.24, 2.45) is 0 Å². The molecular formula is C20H27B. The van der Waals surface area contributed by atoms with Crippen LogP contribution in [0, 0.1) is 0 Å². The van der Waals surface area contributed by atoms with Crippen LogP contribution in [0.2, 0.25) is 13.6 Å². The van der Waals surface area contributed by atoms with E-state index in [9.17, 15) is 0 Å². The third-order valence-corrected chi connectivity index (χ3v) is 4.17. The van der Waals surface area contributed by atoms with Crippen molar-refractivity contribution < 1.29 is 0 Å². The molecular weight excluding hydrogens is 251 g/mol. The normalized spacial score (nSPS) is 11.2. The molecule has 21 heavy (non-hydrogen) atoms. The minimum atomic E-state index is 0.559. The Morgan fingerprint density at radius 3 is 1.57 bits per heavy atom. The smallest absolute Gasteiger partial charge is 0.0819 e. The van der Waals surface area contributed by atoms with E-state index in [-0.39, 0.29) is 0 Å². The zero-order valence-electron chi connectivity index (χ0n) is 14.3. The maximum absolute atomic E-state index is 2.40. The van der Waals surface area contributed by atoms with Crippen LogP contribution in [0.25, 0.3) is 11.1 Å². The first-order valence-electron chi connectivity index (χ1n) is 8.15. The van der Waals surface area contributed by atoms with Crippen LogP contribution < -0.4 is 5.46 Å². The average molecular weight is 278 g/mol. The molecule has 0 unspecified atom stereocenters. The predicted molar refractivity (Wildman–Crippen MR) is 97.2 cm³/mol. The highest BCUT2D eigenvalue weighted by Gasteiger charge is 2.19. The molecule has 2 rings (SSSR count). The van der Waals surface area contributed by atoms with Gasteiger partial charge in [0.05, 0.1) is 0 Å². The van der Waals surface area contributed by atoms with Gasteiger partial charge in [-0.25, -0.2) is 0 Å². The maximum Gasteiger partial charge on any atom is 0.170 e. The Labute approximate surface area is 130 Å². The van der Waals surface area contributed by atoms with E-state index in [1.807, 2.05) is 0 Å². The first kappa shape index (κ1) is 15.9. The molecule has 0 aliphatic carbocycles. The fourth-order valence-corrected chi connectivity index (χ4v) is 3.12. The lowest BCUT2D eigenvalue weighted by Gasteiger charge is -2.23. The van der Waals surface area contributed by atoms with Gasteiger partial charge in [-0.05, 0) is 23.0 Å². The predicted octanol–water partition coefficient (Wildman–Crippen LogP) is 5.56. The molecule has 0 saturated heterocycles. The number of rotatable bonds is 4. The summed E-state index contributed by atoms with van der Waals surface area (Å²) in [5, 5.41) is 0. The van der Waals surface area contributed by atoms with Gasteiger partial charge in [0.2, 0.25) is 0 Å². The van der Waals surface area contributed by atoms with Crippen LogP contribution in [0.1, 0.15) is 50.7 Å². The quantitative estimate of drug-likeness (QED) is 0.642. The van der Waals surface area contributed by atoms with Crippen LogP contribution in [0.3, 0.4) is 0 Å². The number of hydrogen-bond donors (Lipinski definition) is 0. The summed E-state index contributed by atoms with van der Waals surface area (Å²) in [7, 11) is 0. The molecule has 0 spiro atoms. The Morgan fingerprint density at radius 1 is 0.714 bits per heavy atom. The zero-order chi connectivity index (χ0) is 15.6. The van der Waals surface area contributed by atoms with E-state index >= 15 is 0 Å². The van der Waals surface area contributed by atoms with Crippen molar-refractivity contribution in [3.8, 4) is 11.1 Å². The molecule has 1 heteroatoms. The van der Waals surface area contributed by atoms with E-state index in [1.165, 1.54) is 22.3 Å². The standard InChI is InChI=1S/C20H27B/c1-14(2)18-12-17(16-10-8-7-9-11-16)13-19(15(3)4)20(18)21(5)6/h7-15H,1-6H3. The molecule has 110 valence electrons. The second-order valence-corrected chi connectivity index (χ2v) is 6.90. The summed E-state index contributed by atoms with van der Waals surface area (Å²) >= 11 is 0. The van der Waals surface area contributed by atoms with E-state index in [1.54, 1.807) is 5.46 Å². The first-order valence-corrected chi connectivity index (χ1v) is 8.15. The molecule has 0 atom stereocenters. The van der Waals surface area contributed by atoms with E-state index in [0.29, 0.717) is 18.5 Å². The average Bonchev–Trinajstić information content (AvgIpc) is 2.46. The van der Waals surface area contributed by atoms with Gasteiger partial charge in [-0.1, -0.05) is 100 Å². The van der Waals surface area contributed by atoms with Crippen molar-refractivity contribution in [1.29, 1.82) is 0 Å². The van der Waals surface area contributed by atoms with Crippen molar-refractivity contribution in [3.63, 3.8) is 0 Å². The summed E-state index contributed by atoms with van der Waals surface area (Å²) in [4.78, 5) is 0. The molecule has 0 saturated carbocycles. The van der Waals surface area contributed by atoms with Crippen LogP contribution in [-0.4, -0.2) is 6.71 Å². The lowest BCUT2D eigenvalue weighted by atomic mass is 9.46. The van der Waals surface area contributed by atoms with Gasteiger partial charge in [0.15, 0.2) is 6.71 Å². The van der Waals surface area contributed by atoms with Gasteiger partial charge in [-0.3, -0.25) is 0 Å². The van der Waals surface area contributed by atoms with E-state index < -0.39 is 0 Å². The molecule has 0 aliphatic rings. The molecule has 0 radical (unpaired) electrons. The largest absolute Gasteiger partial charge is 0.170 e. The highest BCUT2D eigenvalue weighted by Crippen LogP contribution is 2.28.